The van der Waals surface area contributed by atoms with Gasteiger partial charge in [-0.25, -0.2) is 0 Å². The molecule has 2 rings (SSSR count). The van der Waals surface area contributed by atoms with Crippen molar-refractivity contribution in [2.45, 2.75) is 46.1 Å². The fourth-order valence-corrected chi connectivity index (χ4v) is 3.18. The van der Waals surface area contributed by atoms with Gasteiger partial charge in [-0.05, 0) is 42.7 Å². The lowest BCUT2D eigenvalue weighted by Crippen LogP contribution is -2.36. The van der Waals surface area contributed by atoms with E-state index in [1.165, 1.54) is 12.1 Å². The van der Waals surface area contributed by atoms with E-state index >= 15 is 0 Å². The van der Waals surface area contributed by atoms with Gasteiger partial charge in [-0.15, -0.1) is 0 Å². The molecule has 0 amide bonds. The summed E-state index contributed by atoms with van der Waals surface area (Å²) in [5, 5.41) is 11.0. The zero-order valence-electron chi connectivity index (χ0n) is 12.7. The molecule has 0 spiro atoms. The summed E-state index contributed by atoms with van der Waals surface area (Å²) < 4.78 is 19.6. The van der Waals surface area contributed by atoms with Gasteiger partial charge in [0.1, 0.15) is 6.10 Å². The number of halogens is 1. The monoisotopic (exact) mass is 295 g/mol. The minimum absolute atomic E-state index is 0.0461. The van der Waals surface area contributed by atoms with Crippen molar-refractivity contribution in [3.8, 4) is 5.75 Å². The summed E-state index contributed by atoms with van der Waals surface area (Å²) in [6.45, 7) is 6.43. The van der Waals surface area contributed by atoms with Crippen LogP contribution in [0.25, 0.3) is 0 Å². The van der Waals surface area contributed by atoms with E-state index in [4.69, 9.17) is 4.74 Å². The normalized spacial score (nSPS) is 25.9. The third-order valence-electron chi connectivity index (χ3n) is 4.37. The highest BCUT2D eigenvalue weighted by Crippen LogP contribution is 2.38. The lowest BCUT2D eigenvalue weighted by Gasteiger charge is -2.37. The molecule has 0 heterocycles. The van der Waals surface area contributed by atoms with E-state index in [-0.39, 0.29) is 11.9 Å². The molecule has 1 aliphatic carbocycles. The summed E-state index contributed by atoms with van der Waals surface area (Å²) in [5.41, 5.74) is -0.557. The molecule has 1 aliphatic rings. The predicted octanol–water partition coefficient (Wildman–Crippen LogP) is 4.57. The molecular formula is C16H22FNO3. The van der Waals surface area contributed by atoms with Crippen LogP contribution in [0.3, 0.4) is 0 Å². The Hall–Kier alpha value is -1.65. The summed E-state index contributed by atoms with van der Waals surface area (Å²) in [6, 6.07) is 4.03. The lowest BCUT2D eigenvalue weighted by atomic mass is 9.75. The molecule has 0 saturated heterocycles. The zero-order valence-corrected chi connectivity index (χ0v) is 12.7. The summed E-state index contributed by atoms with van der Waals surface area (Å²) >= 11 is 0. The Bertz CT molecular complexity index is 518. The van der Waals surface area contributed by atoms with Crippen molar-refractivity contribution in [2.75, 3.05) is 0 Å². The average molecular weight is 295 g/mol. The van der Waals surface area contributed by atoms with E-state index in [2.05, 4.69) is 20.8 Å². The van der Waals surface area contributed by atoms with Gasteiger partial charge in [-0.1, -0.05) is 33.3 Å². The fraction of sp³-hybridized carbons (Fsp3) is 0.625. The Kier molecular flexibility index (Phi) is 4.80. The third kappa shape index (κ3) is 3.52. The zero-order chi connectivity index (χ0) is 15.6. The molecule has 0 radical (unpaired) electrons. The van der Waals surface area contributed by atoms with Crippen LogP contribution in [0.2, 0.25) is 0 Å². The summed E-state index contributed by atoms with van der Waals surface area (Å²) in [6.07, 6.45) is 2.96. The summed E-state index contributed by atoms with van der Waals surface area (Å²) in [4.78, 5) is 10.3. The number of nitro groups is 1. The molecule has 0 N–H and O–H groups in total. The van der Waals surface area contributed by atoms with E-state index in [0.29, 0.717) is 17.8 Å². The topological polar surface area (TPSA) is 52.4 Å². The van der Waals surface area contributed by atoms with Crippen LogP contribution in [0.5, 0.6) is 5.75 Å². The molecule has 21 heavy (non-hydrogen) atoms. The summed E-state index contributed by atoms with van der Waals surface area (Å²) in [7, 11) is 0. The highest BCUT2D eigenvalue weighted by atomic mass is 19.1. The highest BCUT2D eigenvalue weighted by Gasteiger charge is 2.34. The van der Waals surface area contributed by atoms with E-state index in [1.54, 1.807) is 0 Å². The Labute approximate surface area is 124 Å². The van der Waals surface area contributed by atoms with Crippen molar-refractivity contribution in [3.05, 3.63) is 34.1 Å². The molecule has 116 valence electrons. The number of nitrogens with zero attached hydrogens (tertiary/aromatic N) is 1. The van der Waals surface area contributed by atoms with Gasteiger partial charge in [0, 0.05) is 0 Å². The number of hydrogen-bond donors (Lipinski definition) is 0. The van der Waals surface area contributed by atoms with Crippen LogP contribution in [0, 0.1) is 33.7 Å². The first-order chi connectivity index (χ1) is 9.90. The van der Waals surface area contributed by atoms with Crippen LogP contribution in [0.1, 0.15) is 40.0 Å². The molecule has 4 nitrogen and oxygen atoms in total. The number of rotatable bonds is 4. The number of benzene rings is 1. The number of para-hydroxylation sites is 1. The van der Waals surface area contributed by atoms with Gasteiger partial charge >= 0.3 is 5.69 Å². The SMILES string of the molecule is CC1CCC(C(C)C)C(Oc2cccc(F)c2[N+](=O)[O-])C1. The van der Waals surface area contributed by atoms with Crippen molar-refractivity contribution in [1.82, 2.24) is 0 Å². The smallest absolute Gasteiger partial charge is 0.346 e. The second-order valence-corrected chi connectivity index (χ2v) is 6.33. The first-order valence-corrected chi connectivity index (χ1v) is 7.49. The maximum atomic E-state index is 13.7. The molecule has 3 atom stereocenters. The van der Waals surface area contributed by atoms with Crippen molar-refractivity contribution in [3.63, 3.8) is 0 Å². The van der Waals surface area contributed by atoms with Crippen LogP contribution >= 0.6 is 0 Å². The molecule has 1 aromatic carbocycles. The van der Waals surface area contributed by atoms with E-state index in [0.717, 1.165) is 25.3 Å². The molecule has 3 unspecified atom stereocenters. The van der Waals surface area contributed by atoms with Crippen LogP contribution in [0.15, 0.2) is 18.2 Å². The average Bonchev–Trinajstić information content (AvgIpc) is 2.37. The minimum atomic E-state index is -0.845. The lowest BCUT2D eigenvalue weighted by molar-refractivity contribution is -0.388. The van der Waals surface area contributed by atoms with Crippen molar-refractivity contribution < 1.29 is 14.1 Å². The standard InChI is InChI=1S/C16H22FNO3/c1-10(2)12-8-7-11(3)9-15(12)21-14-6-4-5-13(17)16(14)18(19)20/h4-6,10-12,15H,7-9H2,1-3H3. The third-order valence-corrected chi connectivity index (χ3v) is 4.37. The molecule has 0 bridgehead atoms. The number of nitro benzene ring substituents is 1. The van der Waals surface area contributed by atoms with E-state index in [1.807, 2.05) is 0 Å². The number of ether oxygens (including phenoxy) is 1. The van der Waals surface area contributed by atoms with Crippen LogP contribution in [-0.2, 0) is 0 Å². The molecule has 1 saturated carbocycles. The molecule has 0 aromatic heterocycles. The molecule has 5 heteroatoms. The minimum Gasteiger partial charge on any atom is -0.483 e. The Morgan fingerprint density at radius 2 is 2.10 bits per heavy atom. The van der Waals surface area contributed by atoms with Crippen molar-refractivity contribution in [1.29, 1.82) is 0 Å². The molecule has 1 fully saturated rings. The van der Waals surface area contributed by atoms with Crippen LogP contribution in [-0.4, -0.2) is 11.0 Å². The first-order valence-electron chi connectivity index (χ1n) is 7.49. The fourth-order valence-electron chi connectivity index (χ4n) is 3.18. The van der Waals surface area contributed by atoms with Gasteiger partial charge in [0.15, 0.2) is 0 Å². The van der Waals surface area contributed by atoms with Gasteiger partial charge in [0.05, 0.1) is 4.92 Å². The van der Waals surface area contributed by atoms with E-state index in [9.17, 15) is 14.5 Å². The van der Waals surface area contributed by atoms with Crippen molar-refractivity contribution >= 4 is 5.69 Å². The second kappa shape index (κ2) is 6.41. The molecule has 0 aliphatic heterocycles. The molecule has 1 aromatic rings. The predicted molar refractivity (Wildman–Crippen MR) is 78.8 cm³/mol. The highest BCUT2D eigenvalue weighted by molar-refractivity contribution is 5.47. The maximum Gasteiger partial charge on any atom is 0.346 e. The maximum absolute atomic E-state index is 13.7. The van der Waals surface area contributed by atoms with Crippen molar-refractivity contribution in [2.24, 2.45) is 17.8 Å². The largest absolute Gasteiger partial charge is 0.483 e. The first kappa shape index (κ1) is 15.7. The quantitative estimate of drug-likeness (QED) is 0.603. The Balaban J connectivity index is 2.27. The van der Waals surface area contributed by atoms with Gasteiger partial charge in [0.2, 0.25) is 11.6 Å². The van der Waals surface area contributed by atoms with Gasteiger partial charge in [-0.2, -0.15) is 4.39 Å². The molecular weight excluding hydrogens is 273 g/mol. The Morgan fingerprint density at radius 1 is 1.38 bits per heavy atom. The van der Waals surface area contributed by atoms with Gasteiger partial charge in [0.25, 0.3) is 0 Å². The number of hydrogen-bond acceptors (Lipinski definition) is 3. The Morgan fingerprint density at radius 3 is 2.71 bits per heavy atom. The van der Waals surface area contributed by atoms with E-state index < -0.39 is 16.4 Å². The van der Waals surface area contributed by atoms with Gasteiger partial charge in [-0.3, -0.25) is 10.1 Å². The summed E-state index contributed by atoms with van der Waals surface area (Å²) in [5.74, 6) is 0.518. The van der Waals surface area contributed by atoms with Gasteiger partial charge < -0.3 is 4.74 Å². The van der Waals surface area contributed by atoms with Crippen LogP contribution < -0.4 is 4.74 Å². The second-order valence-electron chi connectivity index (χ2n) is 6.33. The van der Waals surface area contributed by atoms with Crippen LogP contribution in [0.4, 0.5) is 10.1 Å².